The van der Waals surface area contributed by atoms with Crippen LogP contribution in [0.4, 0.5) is 0 Å². The zero-order valence-electron chi connectivity index (χ0n) is 31.1. The fourth-order valence-electron chi connectivity index (χ4n) is 7.12. The van der Waals surface area contributed by atoms with E-state index >= 15 is 0 Å². The molecular weight excluding hydrogens is 665 g/mol. The predicted molar refractivity (Wildman–Crippen MR) is 215 cm³/mol. The number of hydrogen-bond donors (Lipinski definition) is 1. The fraction of sp³-hybridized carbons (Fsp3) is 0.295. The van der Waals surface area contributed by atoms with Gasteiger partial charge in [-0.1, -0.05) is 176 Å². The van der Waals surface area contributed by atoms with Crippen LogP contribution in [0.5, 0.6) is 17.2 Å². The molecule has 5 aromatic carbocycles. The average Bonchev–Trinajstić information content (AvgIpc) is 3.11. The molecule has 0 aliphatic rings. The van der Waals surface area contributed by atoms with E-state index < -0.39 is 21.7 Å². The number of aromatic hydroxyl groups is 1. The first-order valence-electron chi connectivity index (χ1n) is 17.9. The predicted octanol–water partition coefficient (Wildman–Crippen LogP) is 8.27. The zero-order chi connectivity index (χ0) is 36.7. The second kappa shape index (κ2) is 15.8. The summed E-state index contributed by atoms with van der Waals surface area (Å²) in [7, 11) is -6.33. The lowest BCUT2D eigenvalue weighted by Crippen LogP contribution is -2.69. The molecule has 5 aromatic rings. The number of hydrogen-bond acceptors (Lipinski definition) is 5. The molecule has 7 heteroatoms. The molecule has 0 radical (unpaired) electrons. The topological polar surface area (TPSA) is 65.0 Å². The molecule has 5 rings (SSSR count). The Bertz CT molecular complexity index is 1790. The SMILES string of the molecule is CCCCOCC(=O)c1c(O)cc(O[Si](c2ccccc2)(c2ccccc2)C(C)(C)C)cc1O[Si](c1ccccc1)(c1ccccc1)C(C)(C)C. The molecule has 0 saturated carbocycles. The molecule has 0 aromatic heterocycles. The van der Waals surface area contributed by atoms with E-state index in [0.717, 1.165) is 33.6 Å². The Morgan fingerprint density at radius 3 is 1.37 bits per heavy atom. The van der Waals surface area contributed by atoms with Gasteiger partial charge in [-0.25, -0.2) is 0 Å². The van der Waals surface area contributed by atoms with Crippen molar-refractivity contribution in [2.45, 2.75) is 71.4 Å². The molecule has 0 atom stereocenters. The van der Waals surface area contributed by atoms with Crippen LogP contribution in [0, 0.1) is 0 Å². The number of phenolic OH excluding ortho intramolecular Hbond substituents is 1. The van der Waals surface area contributed by atoms with Crippen molar-refractivity contribution in [3.8, 4) is 17.2 Å². The summed E-state index contributed by atoms with van der Waals surface area (Å²) in [5.74, 6) is 0.204. The molecule has 0 fully saturated rings. The molecule has 0 bridgehead atoms. The molecule has 0 saturated heterocycles. The molecule has 5 nitrogen and oxygen atoms in total. The van der Waals surface area contributed by atoms with Crippen molar-refractivity contribution < 1.29 is 23.5 Å². The smallest absolute Gasteiger partial charge is 0.319 e. The maximum atomic E-state index is 14.1. The maximum Gasteiger partial charge on any atom is 0.319 e. The van der Waals surface area contributed by atoms with Crippen molar-refractivity contribution in [3.63, 3.8) is 0 Å². The third-order valence-corrected chi connectivity index (χ3v) is 19.5. The summed E-state index contributed by atoms with van der Waals surface area (Å²) in [6, 6.07) is 44.7. The van der Waals surface area contributed by atoms with Gasteiger partial charge in [-0.2, -0.15) is 0 Å². The normalized spacial score (nSPS) is 12.4. The lowest BCUT2D eigenvalue weighted by atomic mass is 10.1. The van der Waals surface area contributed by atoms with Gasteiger partial charge < -0.3 is 18.7 Å². The first kappa shape index (κ1) is 37.8. The number of carbonyl (C=O) groups is 1. The molecule has 266 valence electrons. The van der Waals surface area contributed by atoms with Gasteiger partial charge in [0.2, 0.25) is 0 Å². The minimum Gasteiger partial charge on any atom is -0.534 e. The van der Waals surface area contributed by atoms with E-state index in [1.807, 2.05) is 78.9 Å². The van der Waals surface area contributed by atoms with E-state index in [0.29, 0.717) is 18.1 Å². The van der Waals surface area contributed by atoms with E-state index in [-0.39, 0.29) is 28.7 Å². The quantitative estimate of drug-likeness (QED) is 0.0713. The minimum atomic E-state index is -3.23. The highest BCUT2D eigenvalue weighted by Crippen LogP contribution is 2.44. The number of rotatable bonds is 14. The van der Waals surface area contributed by atoms with Crippen molar-refractivity contribution in [1.29, 1.82) is 0 Å². The number of ketones is 1. The molecular formula is C44H52O5Si2. The summed E-state index contributed by atoms with van der Waals surface area (Å²) in [5.41, 5.74) is 0.106. The van der Waals surface area contributed by atoms with Gasteiger partial charge in [0.1, 0.15) is 29.4 Å². The lowest BCUT2D eigenvalue weighted by Gasteiger charge is -2.44. The summed E-state index contributed by atoms with van der Waals surface area (Å²) in [4.78, 5) is 14.1. The van der Waals surface area contributed by atoms with Gasteiger partial charge >= 0.3 is 16.6 Å². The third kappa shape index (κ3) is 7.76. The van der Waals surface area contributed by atoms with Crippen LogP contribution in [0.3, 0.4) is 0 Å². The lowest BCUT2D eigenvalue weighted by molar-refractivity contribution is 0.0750. The monoisotopic (exact) mass is 716 g/mol. The highest BCUT2D eigenvalue weighted by molar-refractivity contribution is 7.00. The van der Waals surface area contributed by atoms with Gasteiger partial charge in [0, 0.05) is 18.7 Å². The van der Waals surface area contributed by atoms with Gasteiger partial charge in [0.25, 0.3) is 0 Å². The second-order valence-electron chi connectivity index (χ2n) is 15.2. The van der Waals surface area contributed by atoms with E-state index in [1.165, 1.54) is 0 Å². The van der Waals surface area contributed by atoms with Crippen molar-refractivity contribution in [1.82, 2.24) is 0 Å². The van der Waals surface area contributed by atoms with Gasteiger partial charge in [-0.05, 0) is 37.2 Å². The minimum absolute atomic E-state index is 0.106. The first-order chi connectivity index (χ1) is 24.3. The number of carbonyl (C=O) groups excluding carboxylic acids is 1. The van der Waals surface area contributed by atoms with Crippen LogP contribution < -0.4 is 29.6 Å². The number of benzene rings is 5. The van der Waals surface area contributed by atoms with Crippen LogP contribution in [-0.4, -0.2) is 40.7 Å². The summed E-state index contributed by atoms with van der Waals surface area (Å²) < 4.78 is 20.7. The Morgan fingerprint density at radius 1 is 0.608 bits per heavy atom. The van der Waals surface area contributed by atoms with Crippen molar-refractivity contribution >= 4 is 43.2 Å². The molecule has 51 heavy (non-hydrogen) atoms. The van der Waals surface area contributed by atoms with Crippen molar-refractivity contribution in [2.75, 3.05) is 13.2 Å². The fourth-order valence-corrected chi connectivity index (χ4v) is 15.9. The molecule has 0 aliphatic heterocycles. The Balaban J connectivity index is 1.78. The number of Topliss-reactive ketones (excluding diaryl/α,β-unsaturated/α-hetero) is 1. The van der Waals surface area contributed by atoms with Gasteiger partial charge in [0.15, 0.2) is 5.78 Å². The Kier molecular flexibility index (Phi) is 11.7. The van der Waals surface area contributed by atoms with Crippen molar-refractivity contribution in [2.24, 2.45) is 0 Å². The summed E-state index contributed by atoms with van der Waals surface area (Å²) >= 11 is 0. The Hall–Kier alpha value is -4.44. The molecule has 0 spiro atoms. The molecule has 0 aliphatic carbocycles. The first-order valence-corrected chi connectivity index (χ1v) is 21.7. The van der Waals surface area contributed by atoms with Crippen LogP contribution in [0.25, 0.3) is 0 Å². The van der Waals surface area contributed by atoms with Crippen molar-refractivity contribution in [3.05, 3.63) is 139 Å². The van der Waals surface area contributed by atoms with Crippen LogP contribution in [-0.2, 0) is 4.74 Å². The highest BCUT2D eigenvalue weighted by Gasteiger charge is 2.54. The van der Waals surface area contributed by atoms with E-state index in [1.54, 1.807) is 6.07 Å². The van der Waals surface area contributed by atoms with Crippen LogP contribution in [0.15, 0.2) is 133 Å². The Morgan fingerprint density at radius 2 is 1.00 bits per heavy atom. The Labute approximate surface area is 306 Å². The number of ether oxygens (including phenoxy) is 1. The number of phenols is 1. The zero-order valence-corrected chi connectivity index (χ0v) is 33.1. The summed E-state index contributed by atoms with van der Waals surface area (Å²) in [6.07, 6.45) is 1.80. The van der Waals surface area contributed by atoms with Crippen LogP contribution in [0.1, 0.15) is 71.7 Å². The maximum absolute atomic E-state index is 14.1. The molecule has 0 amide bonds. The van der Waals surface area contributed by atoms with E-state index in [2.05, 4.69) is 97.0 Å². The van der Waals surface area contributed by atoms with E-state index in [4.69, 9.17) is 13.6 Å². The third-order valence-electron chi connectivity index (χ3n) is 9.58. The number of unbranched alkanes of at least 4 members (excludes halogenated alkanes) is 1. The summed E-state index contributed by atoms with van der Waals surface area (Å²) in [5, 5.41) is 15.5. The van der Waals surface area contributed by atoms with Gasteiger partial charge in [0.05, 0.1) is 0 Å². The summed E-state index contributed by atoms with van der Waals surface area (Å²) in [6.45, 7) is 15.6. The molecule has 0 unspecified atom stereocenters. The van der Waals surface area contributed by atoms with Gasteiger partial charge in [-0.3, -0.25) is 4.79 Å². The second-order valence-corrected chi connectivity index (χ2v) is 23.6. The molecule has 0 heterocycles. The van der Waals surface area contributed by atoms with E-state index in [9.17, 15) is 9.90 Å². The van der Waals surface area contributed by atoms with Gasteiger partial charge in [-0.15, -0.1) is 0 Å². The molecule has 1 N–H and O–H groups in total. The van der Waals surface area contributed by atoms with Crippen LogP contribution in [0.2, 0.25) is 10.1 Å². The largest absolute Gasteiger partial charge is 0.534 e. The standard InChI is InChI=1S/C44H52O5Si2/c1-8-9-30-47-33-40(46)42-39(45)31-34(48-50(43(2,3)4,35-22-14-10-15-23-35)36-24-16-11-17-25-36)32-41(42)49-51(44(5,6)7,37-26-18-12-19-27-37)38-28-20-13-21-29-38/h10-29,31-32,45H,8-9,30,33H2,1-7H3. The highest BCUT2D eigenvalue weighted by atomic mass is 28.4. The van der Waals surface area contributed by atoms with Crippen LogP contribution >= 0.6 is 0 Å². The average molecular weight is 717 g/mol.